The first-order chi connectivity index (χ1) is 7.29. The van der Waals surface area contributed by atoms with Crippen LogP contribution in [0.5, 0.6) is 0 Å². The maximum Gasteiger partial charge on any atom is 0.315 e. The van der Waals surface area contributed by atoms with Crippen molar-refractivity contribution in [3.8, 4) is 11.5 Å². The first-order valence-electron chi connectivity index (χ1n) is 4.21. The van der Waals surface area contributed by atoms with Gasteiger partial charge in [0, 0.05) is 10.9 Å². The van der Waals surface area contributed by atoms with E-state index < -0.39 is 5.97 Å². The van der Waals surface area contributed by atoms with Crippen LogP contribution in [0.2, 0.25) is 0 Å². The van der Waals surface area contributed by atoms with Crippen LogP contribution in [0.3, 0.4) is 0 Å². The van der Waals surface area contributed by atoms with E-state index in [4.69, 9.17) is 4.42 Å². The number of hydrogen-bond acceptors (Lipinski definition) is 6. The molecule has 2 aromatic rings. The summed E-state index contributed by atoms with van der Waals surface area (Å²) in [7, 11) is 1.32. The zero-order valence-electron chi connectivity index (χ0n) is 7.97. The lowest BCUT2D eigenvalue weighted by molar-refractivity contribution is -0.140. The fourth-order valence-corrected chi connectivity index (χ4v) is 1.65. The molecule has 0 aliphatic carbocycles. The summed E-state index contributed by atoms with van der Waals surface area (Å²) in [6, 6.07) is 1.88. The number of methoxy groups -OCH3 is 1. The van der Waals surface area contributed by atoms with Gasteiger partial charge in [0.05, 0.1) is 7.11 Å². The van der Waals surface area contributed by atoms with Crippen molar-refractivity contribution < 1.29 is 13.9 Å². The van der Waals surface area contributed by atoms with Gasteiger partial charge in [-0.2, -0.15) is 11.3 Å². The van der Waals surface area contributed by atoms with Crippen LogP contribution in [0.1, 0.15) is 5.89 Å². The summed E-state index contributed by atoms with van der Waals surface area (Å²) in [5, 5.41) is 11.4. The SMILES string of the molecule is COC(=O)Cc1nnc(-c2ccsc2)o1. The van der Waals surface area contributed by atoms with Crippen LogP contribution in [0.25, 0.3) is 11.5 Å². The van der Waals surface area contributed by atoms with Gasteiger partial charge in [-0.05, 0) is 11.4 Å². The molecule has 0 amide bonds. The highest BCUT2D eigenvalue weighted by molar-refractivity contribution is 7.08. The Morgan fingerprint density at radius 2 is 2.47 bits per heavy atom. The summed E-state index contributed by atoms with van der Waals surface area (Å²) in [5.41, 5.74) is 0.864. The van der Waals surface area contributed by atoms with Gasteiger partial charge in [-0.15, -0.1) is 10.2 Å². The molecule has 0 bridgehead atoms. The average Bonchev–Trinajstić information content (AvgIpc) is 2.85. The number of nitrogens with zero attached hydrogens (tertiary/aromatic N) is 2. The number of aromatic nitrogens is 2. The first kappa shape index (κ1) is 9.85. The molecule has 0 saturated heterocycles. The van der Waals surface area contributed by atoms with Crippen molar-refractivity contribution in [1.82, 2.24) is 10.2 Å². The second-order valence-electron chi connectivity index (χ2n) is 2.77. The Hall–Kier alpha value is -1.69. The van der Waals surface area contributed by atoms with Gasteiger partial charge in [-0.3, -0.25) is 4.79 Å². The van der Waals surface area contributed by atoms with E-state index in [0.29, 0.717) is 5.89 Å². The highest BCUT2D eigenvalue weighted by atomic mass is 32.1. The predicted molar refractivity (Wildman–Crippen MR) is 53.3 cm³/mol. The second kappa shape index (κ2) is 4.22. The normalized spacial score (nSPS) is 10.2. The molecule has 5 nitrogen and oxygen atoms in total. The quantitative estimate of drug-likeness (QED) is 0.739. The van der Waals surface area contributed by atoms with Gasteiger partial charge in [-0.25, -0.2) is 0 Å². The van der Waals surface area contributed by atoms with Crippen LogP contribution >= 0.6 is 11.3 Å². The van der Waals surface area contributed by atoms with Crippen LogP contribution in [0, 0.1) is 0 Å². The summed E-state index contributed by atoms with van der Waals surface area (Å²) in [6.45, 7) is 0. The fourth-order valence-electron chi connectivity index (χ4n) is 1.02. The first-order valence-corrected chi connectivity index (χ1v) is 5.15. The predicted octanol–water partition coefficient (Wildman–Crippen LogP) is 1.51. The summed E-state index contributed by atoms with van der Waals surface area (Å²) in [5.74, 6) is 0.300. The van der Waals surface area contributed by atoms with Crippen molar-refractivity contribution in [3.63, 3.8) is 0 Å². The highest BCUT2D eigenvalue weighted by Gasteiger charge is 2.12. The smallest absolute Gasteiger partial charge is 0.315 e. The van der Waals surface area contributed by atoms with E-state index in [1.807, 2.05) is 16.8 Å². The number of carbonyl (C=O) groups is 1. The maximum absolute atomic E-state index is 10.9. The zero-order chi connectivity index (χ0) is 10.7. The molecule has 0 unspecified atom stereocenters. The molecule has 0 aliphatic heterocycles. The molecular formula is C9H8N2O3S. The molecule has 2 rings (SSSR count). The van der Waals surface area contributed by atoms with E-state index in [2.05, 4.69) is 14.9 Å². The molecule has 2 heterocycles. The number of esters is 1. The van der Waals surface area contributed by atoms with Gasteiger partial charge >= 0.3 is 5.97 Å². The van der Waals surface area contributed by atoms with Gasteiger partial charge < -0.3 is 9.15 Å². The summed E-state index contributed by atoms with van der Waals surface area (Å²) >= 11 is 1.54. The van der Waals surface area contributed by atoms with Gasteiger partial charge in [0.15, 0.2) is 0 Å². The summed E-state index contributed by atoms with van der Waals surface area (Å²) in [6.07, 6.45) is 0.00758. The van der Waals surface area contributed by atoms with E-state index in [0.717, 1.165) is 5.56 Å². The molecule has 0 atom stereocenters. The third-order valence-corrected chi connectivity index (χ3v) is 2.44. The van der Waals surface area contributed by atoms with Crippen molar-refractivity contribution in [1.29, 1.82) is 0 Å². The molecular weight excluding hydrogens is 216 g/mol. The Bertz CT molecular complexity index is 450. The van der Waals surface area contributed by atoms with Crippen molar-refractivity contribution in [2.24, 2.45) is 0 Å². The minimum atomic E-state index is -0.393. The van der Waals surface area contributed by atoms with Crippen LogP contribution in [-0.2, 0) is 16.0 Å². The van der Waals surface area contributed by atoms with E-state index in [-0.39, 0.29) is 12.3 Å². The number of hydrogen-bond donors (Lipinski definition) is 0. The van der Waals surface area contributed by atoms with Crippen LogP contribution in [0.4, 0.5) is 0 Å². The Balaban J connectivity index is 2.14. The van der Waals surface area contributed by atoms with Crippen molar-refractivity contribution in [3.05, 3.63) is 22.7 Å². The van der Waals surface area contributed by atoms with E-state index >= 15 is 0 Å². The molecule has 0 radical (unpaired) electrons. The standard InChI is InChI=1S/C9H8N2O3S/c1-13-8(12)4-7-10-11-9(14-7)6-2-3-15-5-6/h2-3,5H,4H2,1H3. The Kier molecular flexibility index (Phi) is 2.77. The van der Waals surface area contributed by atoms with E-state index in [9.17, 15) is 4.79 Å². The molecule has 0 spiro atoms. The second-order valence-corrected chi connectivity index (χ2v) is 3.55. The molecule has 78 valence electrons. The lowest BCUT2D eigenvalue weighted by atomic mass is 10.3. The van der Waals surface area contributed by atoms with Crippen molar-refractivity contribution >= 4 is 17.3 Å². The van der Waals surface area contributed by atoms with Gasteiger partial charge in [0.2, 0.25) is 11.8 Å². The van der Waals surface area contributed by atoms with Crippen molar-refractivity contribution in [2.45, 2.75) is 6.42 Å². The van der Waals surface area contributed by atoms with Crippen LogP contribution in [0.15, 0.2) is 21.2 Å². The Morgan fingerprint density at radius 1 is 1.60 bits per heavy atom. The van der Waals surface area contributed by atoms with Crippen LogP contribution in [-0.4, -0.2) is 23.3 Å². The van der Waals surface area contributed by atoms with Gasteiger partial charge in [0.25, 0.3) is 0 Å². The topological polar surface area (TPSA) is 65.2 Å². The largest absolute Gasteiger partial charge is 0.469 e. The van der Waals surface area contributed by atoms with Crippen molar-refractivity contribution in [2.75, 3.05) is 7.11 Å². The Morgan fingerprint density at radius 3 is 3.13 bits per heavy atom. The van der Waals surface area contributed by atoms with E-state index in [1.54, 1.807) is 11.3 Å². The Labute approximate surface area is 89.7 Å². The number of rotatable bonds is 3. The molecule has 0 aliphatic rings. The third kappa shape index (κ3) is 2.21. The molecule has 0 saturated carbocycles. The maximum atomic E-state index is 10.9. The molecule has 0 fully saturated rings. The van der Waals surface area contributed by atoms with E-state index in [1.165, 1.54) is 7.11 Å². The highest BCUT2D eigenvalue weighted by Crippen LogP contribution is 2.20. The summed E-state index contributed by atoms with van der Waals surface area (Å²) in [4.78, 5) is 10.9. The number of thiophene rings is 1. The monoisotopic (exact) mass is 224 g/mol. The minimum Gasteiger partial charge on any atom is -0.469 e. The fraction of sp³-hybridized carbons (Fsp3) is 0.222. The minimum absolute atomic E-state index is 0.00758. The third-order valence-electron chi connectivity index (χ3n) is 1.76. The summed E-state index contributed by atoms with van der Waals surface area (Å²) < 4.78 is 9.77. The molecule has 6 heteroatoms. The molecule has 2 aromatic heterocycles. The molecule has 0 aromatic carbocycles. The number of carbonyl (C=O) groups excluding carboxylic acids is 1. The molecule has 0 N–H and O–H groups in total. The van der Waals surface area contributed by atoms with Gasteiger partial charge in [-0.1, -0.05) is 0 Å². The van der Waals surface area contributed by atoms with Crippen LogP contribution < -0.4 is 0 Å². The van der Waals surface area contributed by atoms with Gasteiger partial charge in [0.1, 0.15) is 6.42 Å². The molecule has 15 heavy (non-hydrogen) atoms. The average molecular weight is 224 g/mol. The zero-order valence-corrected chi connectivity index (χ0v) is 8.78. The lowest BCUT2D eigenvalue weighted by Crippen LogP contribution is -2.04. The lowest BCUT2D eigenvalue weighted by Gasteiger charge is -1.92. The number of ether oxygens (including phenoxy) is 1.